The molecule has 1 rings (SSSR count). The van der Waals surface area contributed by atoms with Gasteiger partial charge in [0.25, 0.3) is 0 Å². The summed E-state index contributed by atoms with van der Waals surface area (Å²) in [6.45, 7) is 4.55. The summed E-state index contributed by atoms with van der Waals surface area (Å²) in [5.41, 5.74) is 0.694. The minimum Gasteiger partial charge on any atom is -0.497 e. The fourth-order valence-corrected chi connectivity index (χ4v) is 1.16. The number of nitrogens with one attached hydrogen (secondary N) is 1. The average molecular weight is 237 g/mol. The summed E-state index contributed by atoms with van der Waals surface area (Å²) in [4.78, 5) is 11.4. The highest BCUT2D eigenvalue weighted by atomic mass is 16.5. The molecule has 1 aromatic carbocycles. The molecule has 0 fully saturated rings. The van der Waals surface area contributed by atoms with Crippen LogP contribution in [0.4, 0.5) is 10.5 Å². The zero-order valence-corrected chi connectivity index (χ0v) is 10.5. The maximum Gasteiger partial charge on any atom is 0.411 e. The summed E-state index contributed by atoms with van der Waals surface area (Å²) in [7, 11) is 1.60. The number of ether oxygens (including phenoxy) is 2. The Bertz CT molecular complexity index is 348. The van der Waals surface area contributed by atoms with E-state index in [1.165, 1.54) is 0 Å². The molecule has 17 heavy (non-hydrogen) atoms. The molecular formula is C13H19NO3. The van der Waals surface area contributed by atoms with Crippen LogP contribution in [0.1, 0.15) is 20.3 Å². The molecule has 4 nitrogen and oxygen atoms in total. The molecule has 94 valence electrons. The van der Waals surface area contributed by atoms with Crippen LogP contribution in [0.5, 0.6) is 5.75 Å². The van der Waals surface area contributed by atoms with Gasteiger partial charge in [-0.1, -0.05) is 20.3 Å². The number of rotatable bonds is 5. The number of methoxy groups -OCH3 is 1. The monoisotopic (exact) mass is 237 g/mol. The smallest absolute Gasteiger partial charge is 0.411 e. The van der Waals surface area contributed by atoms with Crippen LogP contribution in [0.3, 0.4) is 0 Å². The van der Waals surface area contributed by atoms with Gasteiger partial charge in [0.05, 0.1) is 13.7 Å². The van der Waals surface area contributed by atoms with Gasteiger partial charge >= 0.3 is 6.09 Å². The van der Waals surface area contributed by atoms with E-state index in [1.54, 1.807) is 31.4 Å². The van der Waals surface area contributed by atoms with Gasteiger partial charge in [-0.25, -0.2) is 4.79 Å². The third kappa shape index (κ3) is 4.76. The Morgan fingerprint density at radius 3 is 2.53 bits per heavy atom. The maximum atomic E-state index is 11.4. The molecule has 0 saturated carbocycles. The lowest BCUT2D eigenvalue weighted by molar-refractivity contribution is 0.143. The largest absolute Gasteiger partial charge is 0.497 e. The summed E-state index contributed by atoms with van der Waals surface area (Å²) in [5, 5.41) is 2.66. The second-order valence-electron chi connectivity index (χ2n) is 3.97. The molecule has 0 saturated heterocycles. The lowest BCUT2D eigenvalue weighted by Crippen LogP contribution is -2.17. The minimum atomic E-state index is -0.421. The van der Waals surface area contributed by atoms with Crippen LogP contribution in [0.15, 0.2) is 24.3 Å². The van der Waals surface area contributed by atoms with E-state index in [9.17, 15) is 4.79 Å². The molecular weight excluding hydrogens is 218 g/mol. The van der Waals surface area contributed by atoms with Crippen LogP contribution in [0, 0.1) is 5.92 Å². The van der Waals surface area contributed by atoms with Crippen molar-refractivity contribution in [3.05, 3.63) is 24.3 Å². The van der Waals surface area contributed by atoms with Crippen molar-refractivity contribution in [3.8, 4) is 5.75 Å². The van der Waals surface area contributed by atoms with Gasteiger partial charge < -0.3 is 9.47 Å². The predicted molar refractivity (Wildman–Crippen MR) is 67.4 cm³/mol. The topological polar surface area (TPSA) is 47.6 Å². The van der Waals surface area contributed by atoms with Gasteiger partial charge in [-0.15, -0.1) is 0 Å². The van der Waals surface area contributed by atoms with E-state index in [1.807, 2.05) is 6.92 Å². The second kappa shape index (κ2) is 6.78. The van der Waals surface area contributed by atoms with E-state index in [-0.39, 0.29) is 0 Å². The van der Waals surface area contributed by atoms with Gasteiger partial charge in [-0.3, -0.25) is 5.32 Å². The number of hydrogen-bond donors (Lipinski definition) is 1. The van der Waals surface area contributed by atoms with Gasteiger partial charge in [0.1, 0.15) is 5.75 Å². The molecule has 0 aliphatic carbocycles. The zero-order valence-electron chi connectivity index (χ0n) is 10.5. The van der Waals surface area contributed by atoms with E-state index in [0.29, 0.717) is 18.2 Å². The molecule has 1 amide bonds. The first kappa shape index (κ1) is 13.4. The number of benzene rings is 1. The number of carbonyl (C=O) groups is 1. The van der Waals surface area contributed by atoms with E-state index in [4.69, 9.17) is 9.47 Å². The van der Waals surface area contributed by atoms with Crippen molar-refractivity contribution in [2.75, 3.05) is 19.0 Å². The number of amides is 1. The lowest BCUT2D eigenvalue weighted by Gasteiger charge is -2.10. The molecule has 1 N–H and O–H groups in total. The first-order valence-corrected chi connectivity index (χ1v) is 5.73. The molecule has 1 atom stereocenters. The highest BCUT2D eigenvalue weighted by Crippen LogP contribution is 2.15. The molecule has 0 aliphatic rings. The maximum absolute atomic E-state index is 11.4. The van der Waals surface area contributed by atoms with Crippen LogP contribution in [-0.4, -0.2) is 19.8 Å². The van der Waals surface area contributed by atoms with Crippen molar-refractivity contribution in [1.29, 1.82) is 0 Å². The Hall–Kier alpha value is -1.71. The fraction of sp³-hybridized carbons (Fsp3) is 0.462. The molecule has 0 heterocycles. The Morgan fingerprint density at radius 1 is 1.35 bits per heavy atom. The molecule has 0 unspecified atom stereocenters. The van der Waals surface area contributed by atoms with Crippen LogP contribution < -0.4 is 10.1 Å². The van der Waals surface area contributed by atoms with Crippen LogP contribution in [0.2, 0.25) is 0 Å². The molecule has 0 aliphatic heterocycles. The zero-order chi connectivity index (χ0) is 12.7. The van der Waals surface area contributed by atoms with Crippen molar-refractivity contribution >= 4 is 11.8 Å². The summed E-state index contributed by atoms with van der Waals surface area (Å²) in [6.07, 6.45) is 0.575. The third-order valence-corrected chi connectivity index (χ3v) is 2.53. The molecule has 0 radical (unpaired) electrons. The van der Waals surface area contributed by atoms with E-state index in [0.717, 1.165) is 12.2 Å². The SMILES string of the molecule is CC[C@H](C)COC(=O)Nc1ccc(OC)cc1. The van der Waals surface area contributed by atoms with Crippen molar-refractivity contribution in [2.24, 2.45) is 5.92 Å². The average Bonchev–Trinajstić information content (AvgIpc) is 2.36. The van der Waals surface area contributed by atoms with E-state index < -0.39 is 6.09 Å². The van der Waals surface area contributed by atoms with Crippen molar-refractivity contribution < 1.29 is 14.3 Å². The number of hydrogen-bond acceptors (Lipinski definition) is 3. The highest BCUT2D eigenvalue weighted by Gasteiger charge is 2.05. The normalized spacial score (nSPS) is 11.7. The standard InChI is InChI=1S/C13H19NO3/c1-4-10(2)9-17-13(15)14-11-5-7-12(16-3)8-6-11/h5-8,10H,4,9H2,1-3H3,(H,14,15)/t10-/m0/s1. The third-order valence-electron chi connectivity index (χ3n) is 2.53. The quantitative estimate of drug-likeness (QED) is 0.854. The predicted octanol–water partition coefficient (Wildman–Crippen LogP) is 3.29. The number of anilines is 1. The summed E-state index contributed by atoms with van der Waals surface area (Å²) in [6, 6.07) is 7.10. The second-order valence-corrected chi connectivity index (χ2v) is 3.97. The molecule has 1 aromatic rings. The van der Waals surface area contributed by atoms with Crippen LogP contribution in [-0.2, 0) is 4.74 Å². The van der Waals surface area contributed by atoms with Crippen LogP contribution in [0.25, 0.3) is 0 Å². The van der Waals surface area contributed by atoms with Gasteiger partial charge in [0.15, 0.2) is 0 Å². The summed E-state index contributed by atoms with van der Waals surface area (Å²) < 4.78 is 10.1. The first-order valence-electron chi connectivity index (χ1n) is 5.73. The molecule has 0 bridgehead atoms. The van der Waals surface area contributed by atoms with Crippen molar-refractivity contribution in [2.45, 2.75) is 20.3 Å². The Morgan fingerprint density at radius 2 is 2.00 bits per heavy atom. The Kier molecular flexibility index (Phi) is 5.33. The van der Waals surface area contributed by atoms with Gasteiger partial charge in [0, 0.05) is 5.69 Å². The fourth-order valence-electron chi connectivity index (χ4n) is 1.16. The molecule has 0 spiro atoms. The van der Waals surface area contributed by atoms with Gasteiger partial charge in [-0.2, -0.15) is 0 Å². The minimum absolute atomic E-state index is 0.386. The van der Waals surface area contributed by atoms with Crippen LogP contribution >= 0.6 is 0 Å². The summed E-state index contributed by atoms with van der Waals surface area (Å²) >= 11 is 0. The molecule has 0 aromatic heterocycles. The summed E-state index contributed by atoms with van der Waals surface area (Å²) in [5.74, 6) is 1.14. The highest BCUT2D eigenvalue weighted by molar-refractivity contribution is 5.84. The van der Waals surface area contributed by atoms with Gasteiger partial charge in [0.2, 0.25) is 0 Å². The Labute approximate surface area is 102 Å². The first-order chi connectivity index (χ1) is 8.15. The van der Waals surface area contributed by atoms with E-state index in [2.05, 4.69) is 12.2 Å². The van der Waals surface area contributed by atoms with Gasteiger partial charge in [-0.05, 0) is 30.2 Å². The Balaban J connectivity index is 2.39. The van der Waals surface area contributed by atoms with Crippen molar-refractivity contribution in [1.82, 2.24) is 0 Å². The number of carbonyl (C=O) groups excluding carboxylic acids is 1. The van der Waals surface area contributed by atoms with E-state index >= 15 is 0 Å². The molecule has 4 heteroatoms. The van der Waals surface area contributed by atoms with Crippen molar-refractivity contribution in [3.63, 3.8) is 0 Å². The lowest BCUT2D eigenvalue weighted by atomic mass is 10.1.